The van der Waals surface area contributed by atoms with E-state index < -0.39 is 0 Å². The number of likely N-dealkylation sites (tertiary alicyclic amines) is 1. The van der Waals surface area contributed by atoms with Crippen molar-refractivity contribution in [3.63, 3.8) is 0 Å². The predicted molar refractivity (Wildman–Crippen MR) is 70.6 cm³/mol. The number of benzene rings is 1. The molecule has 1 fully saturated rings. The number of nitrogens with zero attached hydrogens (tertiary/aromatic N) is 1. The van der Waals surface area contributed by atoms with Crippen LogP contribution in [0.3, 0.4) is 0 Å². The Bertz CT molecular complexity index is 465. The van der Waals surface area contributed by atoms with Gasteiger partial charge in [-0.05, 0) is 31.0 Å². The maximum Gasteiger partial charge on any atom is 0.254 e. The van der Waals surface area contributed by atoms with E-state index in [0.29, 0.717) is 18.7 Å². The third kappa shape index (κ3) is 2.34. The van der Waals surface area contributed by atoms with Gasteiger partial charge in [-0.1, -0.05) is 19.4 Å². The Morgan fingerprint density at radius 1 is 1.50 bits per heavy atom. The molecule has 1 saturated heterocycles. The normalized spacial score (nSPS) is 17.4. The van der Waals surface area contributed by atoms with Gasteiger partial charge in [0.25, 0.3) is 5.91 Å². The molecule has 0 saturated carbocycles. The molecule has 4 nitrogen and oxygen atoms in total. The van der Waals surface area contributed by atoms with Crippen LogP contribution in [0, 0.1) is 6.92 Å². The van der Waals surface area contributed by atoms with Crippen LogP contribution >= 0.6 is 0 Å². The summed E-state index contributed by atoms with van der Waals surface area (Å²) in [4.78, 5) is 13.9. The molecule has 1 aliphatic rings. The van der Waals surface area contributed by atoms with Gasteiger partial charge in [-0.2, -0.15) is 0 Å². The molecule has 18 heavy (non-hydrogen) atoms. The molecule has 1 amide bonds. The summed E-state index contributed by atoms with van der Waals surface area (Å²) in [7, 11) is 0. The second-order valence-corrected chi connectivity index (χ2v) is 5.27. The van der Waals surface area contributed by atoms with E-state index in [9.17, 15) is 9.90 Å². The fourth-order valence-electron chi connectivity index (χ4n) is 2.44. The highest BCUT2D eigenvalue weighted by molar-refractivity contribution is 5.95. The highest BCUT2D eigenvalue weighted by Crippen LogP contribution is 2.26. The number of nitrogens with two attached hydrogens (primary N) is 1. The number of hydrogen-bond donors (Lipinski definition) is 2. The Hall–Kier alpha value is -1.55. The van der Waals surface area contributed by atoms with Gasteiger partial charge in [0.1, 0.15) is 5.75 Å². The van der Waals surface area contributed by atoms with Crippen molar-refractivity contribution in [1.82, 2.24) is 4.90 Å². The van der Waals surface area contributed by atoms with E-state index in [1.807, 2.05) is 0 Å². The lowest BCUT2D eigenvalue weighted by Gasteiger charge is -2.47. The van der Waals surface area contributed by atoms with Gasteiger partial charge in [-0.3, -0.25) is 4.79 Å². The molecule has 0 unspecified atom stereocenters. The van der Waals surface area contributed by atoms with Gasteiger partial charge in [0, 0.05) is 18.7 Å². The van der Waals surface area contributed by atoms with E-state index in [-0.39, 0.29) is 17.2 Å². The van der Waals surface area contributed by atoms with E-state index in [4.69, 9.17) is 5.73 Å². The number of carbonyl (C=O) groups excluding carboxylic acids is 1. The number of phenolic OH excluding ortho intramolecular Hbond substituents is 1. The van der Waals surface area contributed by atoms with E-state index in [2.05, 4.69) is 6.92 Å². The fourth-order valence-corrected chi connectivity index (χ4v) is 2.44. The monoisotopic (exact) mass is 248 g/mol. The Labute approximate surface area is 107 Å². The van der Waals surface area contributed by atoms with Gasteiger partial charge in [-0.15, -0.1) is 0 Å². The standard InChI is InChI=1S/C14H20N2O2/c1-3-6-14(15)8-16(9-14)13(18)11-5-4-10(2)12(17)7-11/h4-5,7,17H,3,6,8-9,15H2,1-2H3. The Morgan fingerprint density at radius 3 is 2.72 bits per heavy atom. The average molecular weight is 248 g/mol. The lowest BCUT2D eigenvalue weighted by atomic mass is 9.86. The molecule has 3 N–H and O–H groups in total. The van der Waals surface area contributed by atoms with Crippen LogP contribution in [-0.4, -0.2) is 34.5 Å². The minimum Gasteiger partial charge on any atom is -0.508 e. The summed E-state index contributed by atoms with van der Waals surface area (Å²) < 4.78 is 0. The van der Waals surface area contributed by atoms with Crippen molar-refractivity contribution in [2.24, 2.45) is 5.73 Å². The van der Waals surface area contributed by atoms with Crippen LogP contribution in [0.15, 0.2) is 18.2 Å². The predicted octanol–water partition coefficient (Wildman–Crippen LogP) is 1.65. The highest BCUT2D eigenvalue weighted by Gasteiger charge is 2.41. The lowest BCUT2D eigenvalue weighted by molar-refractivity contribution is 0.0386. The first-order valence-electron chi connectivity index (χ1n) is 6.33. The van der Waals surface area contributed by atoms with Gasteiger partial charge < -0.3 is 15.7 Å². The molecular weight excluding hydrogens is 228 g/mol. The first kappa shape index (κ1) is 12.9. The SMILES string of the molecule is CCCC1(N)CN(C(=O)c2ccc(C)c(O)c2)C1. The van der Waals surface area contributed by atoms with E-state index in [1.54, 1.807) is 24.0 Å². The Kier molecular flexibility index (Phi) is 3.30. The van der Waals surface area contributed by atoms with Crippen molar-refractivity contribution in [2.75, 3.05) is 13.1 Å². The molecule has 4 heteroatoms. The summed E-state index contributed by atoms with van der Waals surface area (Å²) in [6.45, 7) is 5.11. The molecule has 0 bridgehead atoms. The summed E-state index contributed by atoms with van der Waals surface area (Å²) in [6.07, 6.45) is 1.97. The summed E-state index contributed by atoms with van der Waals surface area (Å²) in [5.41, 5.74) is 7.22. The van der Waals surface area contributed by atoms with Gasteiger partial charge in [0.2, 0.25) is 0 Å². The lowest BCUT2D eigenvalue weighted by Crippen LogP contribution is -2.68. The molecule has 1 aromatic rings. The highest BCUT2D eigenvalue weighted by atomic mass is 16.3. The fraction of sp³-hybridized carbons (Fsp3) is 0.500. The molecule has 0 aliphatic carbocycles. The topological polar surface area (TPSA) is 66.6 Å². The van der Waals surface area contributed by atoms with Gasteiger partial charge >= 0.3 is 0 Å². The van der Waals surface area contributed by atoms with Crippen LogP contribution in [0.1, 0.15) is 35.7 Å². The third-order valence-corrected chi connectivity index (χ3v) is 3.50. The molecule has 1 aliphatic heterocycles. The number of aryl methyl sites for hydroxylation is 1. The molecule has 98 valence electrons. The van der Waals surface area contributed by atoms with Gasteiger partial charge in [0.05, 0.1) is 5.54 Å². The molecular formula is C14H20N2O2. The van der Waals surface area contributed by atoms with E-state index in [1.165, 1.54) is 6.07 Å². The molecule has 0 atom stereocenters. The molecule has 2 rings (SSSR count). The van der Waals surface area contributed by atoms with Gasteiger partial charge in [-0.25, -0.2) is 0 Å². The van der Waals surface area contributed by atoms with Gasteiger partial charge in [0.15, 0.2) is 0 Å². The zero-order chi connectivity index (χ0) is 13.3. The zero-order valence-corrected chi connectivity index (χ0v) is 10.9. The Balaban J connectivity index is 2.03. The minimum absolute atomic E-state index is 0.0533. The summed E-state index contributed by atoms with van der Waals surface area (Å²) >= 11 is 0. The number of amides is 1. The minimum atomic E-state index is -0.211. The molecule has 0 aromatic heterocycles. The van der Waals surface area contributed by atoms with Crippen molar-refractivity contribution >= 4 is 5.91 Å². The first-order valence-corrected chi connectivity index (χ1v) is 6.33. The number of carbonyl (C=O) groups is 1. The van der Waals surface area contributed by atoms with Crippen molar-refractivity contribution in [3.8, 4) is 5.75 Å². The maximum absolute atomic E-state index is 12.1. The molecule has 0 radical (unpaired) electrons. The number of aromatic hydroxyl groups is 1. The number of phenols is 1. The van der Waals surface area contributed by atoms with Crippen LogP contribution in [0.2, 0.25) is 0 Å². The summed E-state index contributed by atoms with van der Waals surface area (Å²) in [5, 5.41) is 9.61. The summed E-state index contributed by atoms with van der Waals surface area (Å²) in [6, 6.07) is 5.02. The van der Waals surface area contributed by atoms with E-state index >= 15 is 0 Å². The largest absolute Gasteiger partial charge is 0.508 e. The van der Waals surface area contributed by atoms with Crippen molar-refractivity contribution in [1.29, 1.82) is 0 Å². The van der Waals surface area contributed by atoms with Crippen molar-refractivity contribution in [3.05, 3.63) is 29.3 Å². The van der Waals surface area contributed by atoms with Crippen molar-refractivity contribution in [2.45, 2.75) is 32.2 Å². The van der Waals surface area contributed by atoms with Crippen LogP contribution in [0.5, 0.6) is 5.75 Å². The van der Waals surface area contributed by atoms with Crippen LogP contribution in [0.4, 0.5) is 0 Å². The van der Waals surface area contributed by atoms with Crippen LogP contribution in [-0.2, 0) is 0 Å². The van der Waals surface area contributed by atoms with Crippen LogP contribution in [0.25, 0.3) is 0 Å². The second kappa shape index (κ2) is 4.61. The van der Waals surface area contributed by atoms with Crippen LogP contribution < -0.4 is 5.73 Å². The smallest absolute Gasteiger partial charge is 0.254 e. The Morgan fingerprint density at radius 2 is 2.17 bits per heavy atom. The second-order valence-electron chi connectivity index (χ2n) is 5.27. The first-order chi connectivity index (χ1) is 8.45. The molecule has 0 spiro atoms. The third-order valence-electron chi connectivity index (χ3n) is 3.50. The summed E-state index contributed by atoms with van der Waals surface area (Å²) in [5.74, 6) is 0.108. The van der Waals surface area contributed by atoms with Crippen molar-refractivity contribution < 1.29 is 9.90 Å². The molecule has 1 heterocycles. The zero-order valence-electron chi connectivity index (χ0n) is 10.9. The molecule has 1 aromatic carbocycles. The quantitative estimate of drug-likeness (QED) is 0.854. The average Bonchev–Trinajstić information content (AvgIpc) is 2.29. The number of hydrogen-bond acceptors (Lipinski definition) is 3. The number of rotatable bonds is 3. The van der Waals surface area contributed by atoms with E-state index in [0.717, 1.165) is 18.4 Å². The maximum atomic E-state index is 12.1.